The van der Waals surface area contributed by atoms with Crippen molar-refractivity contribution in [2.24, 2.45) is 0 Å². The summed E-state index contributed by atoms with van der Waals surface area (Å²) in [5.74, 6) is -0.958. The highest BCUT2D eigenvalue weighted by molar-refractivity contribution is 7.80. The number of benzene rings is 1. The molecule has 1 heterocycles. The van der Waals surface area contributed by atoms with Crippen molar-refractivity contribution in [1.82, 2.24) is 5.32 Å². The van der Waals surface area contributed by atoms with Crippen LogP contribution in [0.3, 0.4) is 0 Å². The van der Waals surface area contributed by atoms with Gasteiger partial charge in [0.2, 0.25) is 11.3 Å². The van der Waals surface area contributed by atoms with Gasteiger partial charge < -0.3 is 20.7 Å². The smallest absolute Gasteiger partial charge is 0.414 e. The van der Waals surface area contributed by atoms with Crippen LogP contribution in [0.2, 0.25) is 0 Å². The Bertz CT molecular complexity index is 1100. The first-order valence-electron chi connectivity index (χ1n) is 9.44. The minimum Gasteiger partial charge on any atom is -0.442 e. The molecule has 1 aliphatic heterocycles. The number of thiocarbonyl (C=S) groups is 1. The number of nitrogens with zero attached hydrogens (tertiary/aromatic N) is 1. The van der Waals surface area contributed by atoms with Gasteiger partial charge in [0.15, 0.2) is 0 Å². The lowest BCUT2D eigenvalue weighted by atomic mass is 10.2. The maximum Gasteiger partial charge on any atom is 0.414 e. The van der Waals surface area contributed by atoms with Crippen molar-refractivity contribution in [3.63, 3.8) is 0 Å². The molecule has 2 aromatic carbocycles. The number of anilines is 4. The standard InChI is InChI=1S/C21H21FN4O4S/c1-12(27)24-14-4-3-5-20(28)19(8-14)25-18-7-6-15(9-17(18)22)26-11-16(30-21(26)29)10-23-13(2)31/h3-9,16H,10-11H2,1-2H3,(H,23,31)(H,24,27)(H,25,28)/t16-/m0/s1. The fourth-order valence-electron chi connectivity index (χ4n) is 3.00. The van der Waals surface area contributed by atoms with Gasteiger partial charge in [0.05, 0.1) is 35.1 Å². The van der Waals surface area contributed by atoms with E-state index in [1.165, 1.54) is 42.2 Å². The van der Waals surface area contributed by atoms with Crippen LogP contribution in [0.4, 0.5) is 31.9 Å². The summed E-state index contributed by atoms with van der Waals surface area (Å²) in [6.07, 6.45) is -0.989. The summed E-state index contributed by atoms with van der Waals surface area (Å²) in [5, 5.41) is 8.27. The Labute approximate surface area is 183 Å². The molecular formula is C21H21FN4O4S. The summed E-state index contributed by atoms with van der Waals surface area (Å²) in [6, 6.07) is 9.94. The molecule has 8 nitrogen and oxygen atoms in total. The Morgan fingerprint density at radius 2 is 1.97 bits per heavy atom. The van der Waals surface area contributed by atoms with E-state index in [1.807, 2.05) is 0 Å². The number of ether oxygens (including phenoxy) is 1. The van der Waals surface area contributed by atoms with E-state index >= 15 is 0 Å². The molecule has 1 aliphatic rings. The van der Waals surface area contributed by atoms with Gasteiger partial charge in [-0.05, 0) is 43.3 Å². The minimum absolute atomic E-state index is 0.0444. The number of halogens is 1. The third kappa shape index (κ3) is 5.76. The van der Waals surface area contributed by atoms with Gasteiger partial charge in [-0.1, -0.05) is 18.3 Å². The number of hydrogen-bond acceptors (Lipinski definition) is 6. The van der Waals surface area contributed by atoms with Crippen molar-refractivity contribution in [3.05, 3.63) is 58.5 Å². The van der Waals surface area contributed by atoms with Crippen molar-refractivity contribution >= 4 is 52.0 Å². The number of nitrogens with one attached hydrogen (secondary N) is 3. The maximum absolute atomic E-state index is 14.8. The zero-order valence-corrected chi connectivity index (χ0v) is 17.7. The molecule has 3 N–H and O–H groups in total. The van der Waals surface area contributed by atoms with E-state index in [9.17, 15) is 18.8 Å². The molecule has 0 aromatic heterocycles. The van der Waals surface area contributed by atoms with Gasteiger partial charge in [0.25, 0.3) is 0 Å². The SMILES string of the molecule is CC(=O)Nc1cccc(=O)c(Nc2ccc(N3C[C@H](CNC(C)=S)OC3=O)cc2F)c1. The number of carbonyl (C=O) groups is 2. The lowest BCUT2D eigenvalue weighted by Crippen LogP contribution is -2.32. The molecule has 2 aromatic rings. The van der Waals surface area contributed by atoms with Gasteiger partial charge in [-0.3, -0.25) is 14.5 Å². The van der Waals surface area contributed by atoms with Crippen LogP contribution in [0.15, 0.2) is 47.3 Å². The first-order chi connectivity index (χ1) is 14.7. The van der Waals surface area contributed by atoms with Crippen LogP contribution in [-0.2, 0) is 9.53 Å². The lowest BCUT2D eigenvalue weighted by Gasteiger charge is -2.15. The third-order valence-corrected chi connectivity index (χ3v) is 4.54. The first-order valence-corrected chi connectivity index (χ1v) is 9.85. The quantitative estimate of drug-likeness (QED) is 0.589. The summed E-state index contributed by atoms with van der Waals surface area (Å²) in [4.78, 5) is 37.6. The molecule has 0 bridgehead atoms. The van der Waals surface area contributed by atoms with Crippen molar-refractivity contribution in [2.45, 2.75) is 20.0 Å². The predicted octanol–water partition coefficient (Wildman–Crippen LogP) is 3.15. The van der Waals surface area contributed by atoms with Gasteiger partial charge in [-0.15, -0.1) is 0 Å². The Kier molecular flexibility index (Phi) is 6.81. The summed E-state index contributed by atoms with van der Waals surface area (Å²) in [6.45, 7) is 3.69. The molecule has 0 radical (unpaired) electrons. The van der Waals surface area contributed by atoms with Crippen LogP contribution in [0.5, 0.6) is 0 Å². The van der Waals surface area contributed by atoms with Gasteiger partial charge >= 0.3 is 6.09 Å². The predicted molar refractivity (Wildman–Crippen MR) is 121 cm³/mol. The average molecular weight is 444 g/mol. The summed E-state index contributed by atoms with van der Waals surface area (Å²) >= 11 is 4.95. The molecule has 0 saturated carbocycles. The minimum atomic E-state index is -0.659. The van der Waals surface area contributed by atoms with E-state index in [0.717, 1.165) is 0 Å². The maximum atomic E-state index is 14.8. The molecule has 2 amide bonds. The summed E-state index contributed by atoms with van der Waals surface area (Å²) in [5.41, 5.74) is 0.465. The zero-order chi connectivity index (χ0) is 22.5. The molecule has 162 valence electrons. The lowest BCUT2D eigenvalue weighted by molar-refractivity contribution is -0.114. The van der Waals surface area contributed by atoms with Crippen molar-refractivity contribution in [1.29, 1.82) is 0 Å². The summed E-state index contributed by atoms with van der Waals surface area (Å²) in [7, 11) is 0. The monoisotopic (exact) mass is 444 g/mol. The Morgan fingerprint density at radius 3 is 2.65 bits per heavy atom. The van der Waals surface area contributed by atoms with E-state index in [0.29, 0.717) is 22.9 Å². The van der Waals surface area contributed by atoms with Crippen LogP contribution in [-0.4, -0.2) is 36.2 Å². The molecule has 0 unspecified atom stereocenters. The molecule has 1 fully saturated rings. The van der Waals surface area contributed by atoms with Crippen molar-refractivity contribution in [3.8, 4) is 0 Å². The number of amides is 2. The van der Waals surface area contributed by atoms with Gasteiger partial charge in [0, 0.05) is 12.6 Å². The third-order valence-electron chi connectivity index (χ3n) is 4.40. The normalized spacial score (nSPS) is 15.3. The molecule has 3 rings (SSSR count). The van der Waals surface area contributed by atoms with E-state index in [-0.39, 0.29) is 29.3 Å². The largest absolute Gasteiger partial charge is 0.442 e. The van der Waals surface area contributed by atoms with Crippen molar-refractivity contribution < 1.29 is 18.7 Å². The number of carbonyl (C=O) groups excluding carboxylic acids is 2. The van der Waals surface area contributed by atoms with Crippen LogP contribution >= 0.6 is 12.2 Å². The molecule has 0 aliphatic carbocycles. The van der Waals surface area contributed by atoms with E-state index in [2.05, 4.69) is 16.0 Å². The Morgan fingerprint density at radius 1 is 1.19 bits per heavy atom. The highest BCUT2D eigenvalue weighted by Crippen LogP contribution is 2.27. The number of hydrogen-bond donors (Lipinski definition) is 3. The van der Waals surface area contributed by atoms with Gasteiger partial charge in [-0.2, -0.15) is 0 Å². The van der Waals surface area contributed by atoms with Crippen LogP contribution in [0, 0.1) is 5.82 Å². The number of cyclic esters (lactones) is 1. The van der Waals surface area contributed by atoms with E-state index in [4.69, 9.17) is 17.0 Å². The van der Waals surface area contributed by atoms with Crippen molar-refractivity contribution in [2.75, 3.05) is 28.6 Å². The van der Waals surface area contributed by atoms with Gasteiger partial charge in [0.1, 0.15) is 11.9 Å². The van der Waals surface area contributed by atoms with Gasteiger partial charge in [-0.25, -0.2) is 9.18 Å². The van der Waals surface area contributed by atoms with E-state index < -0.39 is 18.0 Å². The Balaban J connectivity index is 1.79. The van der Waals surface area contributed by atoms with Crippen LogP contribution in [0.25, 0.3) is 0 Å². The fraction of sp³-hybridized carbons (Fsp3) is 0.238. The second-order valence-electron chi connectivity index (χ2n) is 6.93. The molecule has 10 heteroatoms. The van der Waals surface area contributed by atoms with Crippen LogP contribution < -0.4 is 26.3 Å². The summed E-state index contributed by atoms with van der Waals surface area (Å²) < 4.78 is 20.0. The molecule has 0 spiro atoms. The second-order valence-corrected chi connectivity index (χ2v) is 7.54. The average Bonchev–Trinajstić information content (AvgIpc) is 2.98. The molecule has 1 saturated heterocycles. The van der Waals surface area contributed by atoms with E-state index in [1.54, 1.807) is 19.1 Å². The Hall–Kier alpha value is -3.53. The second kappa shape index (κ2) is 9.52. The molecule has 31 heavy (non-hydrogen) atoms. The first kappa shape index (κ1) is 22.2. The fourth-order valence-corrected chi connectivity index (χ4v) is 3.08. The highest BCUT2D eigenvalue weighted by atomic mass is 32.1. The molecular weight excluding hydrogens is 423 g/mol. The highest BCUT2D eigenvalue weighted by Gasteiger charge is 2.32. The number of rotatable bonds is 6. The molecule has 1 atom stereocenters. The topological polar surface area (TPSA) is 99.8 Å². The van der Waals surface area contributed by atoms with Crippen LogP contribution in [0.1, 0.15) is 13.8 Å². The zero-order valence-electron chi connectivity index (χ0n) is 16.9.